The average molecular weight is 127 g/mol. The molecule has 0 aliphatic heterocycles. The lowest BCUT2D eigenvalue weighted by atomic mass is 10.7. The number of ether oxygens (including phenoxy) is 1. The molecule has 47 valence electrons. The van der Waals surface area contributed by atoms with Crippen molar-refractivity contribution in [2.24, 2.45) is 0 Å². The third kappa shape index (κ3) is 1.81. The summed E-state index contributed by atoms with van der Waals surface area (Å²) in [5.41, 5.74) is 0. The number of hydrogen-bond acceptors (Lipinski definition) is 2. The van der Waals surface area contributed by atoms with Gasteiger partial charge in [-0.05, 0) is 0 Å². The molecule has 0 amide bonds. The standard InChI is InChI=1S/C3H2F3O2/c1-8-2(7)3(4,5)6/h1H2. The molecule has 0 saturated heterocycles. The maximum absolute atomic E-state index is 10.9. The number of esters is 1. The molecule has 0 aromatic rings. The lowest BCUT2D eigenvalue weighted by Gasteiger charge is -1.99. The van der Waals surface area contributed by atoms with Gasteiger partial charge in [-0.25, -0.2) is 4.79 Å². The van der Waals surface area contributed by atoms with Crippen LogP contribution in [-0.2, 0) is 9.53 Å². The van der Waals surface area contributed by atoms with E-state index in [-0.39, 0.29) is 0 Å². The molecule has 5 heteroatoms. The van der Waals surface area contributed by atoms with Crippen LogP contribution in [0.2, 0.25) is 0 Å². The molecular weight excluding hydrogens is 125 g/mol. The summed E-state index contributed by atoms with van der Waals surface area (Å²) in [4.78, 5) is 9.42. The van der Waals surface area contributed by atoms with Crippen LogP contribution < -0.4 is 0 Å². The van der Waals surface area contributed by atoms with Gasteiger partial charge in [0.15, 0.2) is 0 Å². The maximum atomic E-state index is 10.9. The number of halogens is 3. The second-order valence-electron chi connectivity index (χ2n) is 0.930. The molecule has 0 aromatic carbocycles. The van der Waals surface area contributed by atoms with Crippen molar-refractivity contribution in [3.8, 4) is 0 Å². The van der Waals surface area contributed by atoms with Crippen molar-refractivity contribution in [2.45, 2.75) is 6.18 Å². The first-order valence-electron chi connectivity index (χ1n) is 1.51. The Morgan fingerprint density at radius 2 is 1.88 bits per heavy atom. The zero-order valence-electron chi connectivity index (χ0n) is 3.66. The highest BCUT2D eigenvalue weighted by atomic mass is 19.4. The summed E-state index contributed by atoms with van der Waals surface area (Å²) in [5.74, 6) is -2.28. The van der Waals surface area contributed by atoms with Gasteiger partial charge in [0.05, 0.1) is 0 Å². The summed E-state index contributed by atoms with van der Waals surface area (Å²) in [6.45, 7) is 0. The molecule has 0 unspecified atom stereocenters. The molecule has 0 aliphatic rings. The molecule has 1 radical (unpaired) electrons. The Kier molecular flexibility index (Phi) is 1.83. The monoisotopic (exact) mass is 127 g/mol. The van der Waals surface area contributed by atoms with Crippen molar-refractivity contribution < 1.29 is 22.7 Å². The Hall–Kier alpha value is -0.740. The van der Waals surface area contributed by atoms with Gasteiger partial charge in [0, 0.05) is 0 Å². The first-order valence-corrected chi connectivity index (χ1v) is 1.51. The summed E-state index contributed by atoms with van der Waals surface area (Å²) in [6.07, 6.45) is -4.91. The fraction of sp³-hybridized carbons (Fsp3) is 0.333. The predicted octanol–water partition coefficient (Wildman–Crippen LogP) is 0.883. The Balaban J connectivity index is 3.82. The minimum absolute atomic E-state index is 2.28. The molecule has 0 aromatic heterocycles. The topological polar surface area (TPSA) is 26.3 Å². The summed E-state index contributed by atoms with van der Waals surface area (Å²) < 4.78 is 35.9. The highest BCUT2D eigenvalue weighted by Gasteiger charge is 2.40. The van der Waals surface area contributed by atoms with Gasteiger partial charge in [0.25, 0.3) is 0 Å². The van der Waals surface area contributed by atoms with E-state index in [1.54, 1.807) is 0 Å². The Bertz CT molecular complexity index is 95.2. The van der Waals surface area contributed by atoms with Gasteiger partial charge in [-0.1, -0.05) is 0 Å². The average Bonchev–Trinajstić information content (AvgIpc) is 1.62. The lowest BCUT2D eigenvalue weighted by Crippen LogP contribution is -2.22. The van der Waals surface area contributed by atoms with Gasteiger partial charge in [-0.15, -0.1) is 0 Å². The first-order chi connectivity index (χ1) is 3.48. The van der Waals surface area contributed by atoms with E-state index in [0.29, 0.717) is 0 Å². The molecule has 0 spiro atoms. The quantitative estimate of drug-likeness (QED) is 0.451. The van der Waals surface area contributed by atoms with Crippen molar-refractivity contribution >= 4 is 5.97 Å². The fourth-order valence-corrected chi connectivity index (χ4v) is 0.0818. The zero-order chi connectivity index (χ0) is 6.78. The second-order valence-corrected chi connectivity index (χ2v) is 0.930. The molecule has 0 saturated carbocycles. The van der Waals surface area contributed by atoms with Crippen LogP contribution in [0, 0.1) is 7.11 Å². The van der Waals surface area contributed by atoms with Crippen LogP contribution in [0.1, 0.15) is 0 Å². The Morgan fingerprint density at radius 3 is 1.88 bits per heavy atom. The number of hydrogen-bond donors (Lipinski definition) is 0. The van der Waals surface area contributed by atoms with E-state index in [1.165, 1.54) is 0 Å². The summed E-state index contributed by atoms with van der Waals surface area (Å²) >= 11 is 0. The minimum Gasteiger partial charge on any atom is -0.455 e. The van der Waals surface area contributed by atoms with Crippen LogP contribution in [-0.4, -0.2) is 12.1 Å². The van der Waals surface area contributed by atoms with Crippen molar-refractivity contribution in [3.05, 3.63) is 7.11 Å². The van der Waals surface area contributed by atoms with Gasteiger partial charge >= 0.3 is 12.1 Å². The molecule has 0 fully saturated rings. The molecule has 8 heavy (non-hydrogen) atoms. The van der Waals surface area contributed by atoms with Crippen LogP contribution in [0.15, 0.2) is 0 Å². The molecule has 0 rings (SSSR count). The predicted molar refractivity (Wildman–Crippen MR) is 17.5 cm³/mol. The molecule has 0 atom stereocenters. The molecule has 0 heterocycles. The van der Waals surface area contributed by atoms with Gasteiger partial charge in [0.2, 0.25) is 0 Å². The maximum Gasteiger partial charge on any atom is 0.490 e. The number of alkyl halides is 3. The third-order valence-electron chi connectivity index (χ3n) is 0.363. The summed E-state index contributed by atoms with van der Waals surface area (Å²) in [5, 5.41) is 0. The van der Waals surface area contributed by atoms with Crippen molar-refractivity contribution in [2.75, 3.05) is 0 Å². The lowest BCUT2D eigenvalue weighted by molar-refractivity contribution is -0.194. The van der Waals surface area contributed by atoms with Gasteiger partial charge in [-0.3, -0.25) is 0 Å². The number of carbonyl (C=O) groups is 1. The van der Waals surface area contributed by atoms with E-state index in [9.17, 15) is 18.0 Å². The molecule has 0 bridgehead atoms. The van der Waals surface area contributed by atoms with E-state index in [0.717, 1.165) is 0 Å². The van der Waals surface area contributed by atoms with Crippen LogP contribution in [0.4, 0.5) is 13.2 Å². The highest BCUT2D eigenvalue weighted by Crippen LogP contribution is 2.15. The van der Waals surface area contributed by atoms with E-state index < -0.39 is 12.1 Å². The Labute approximate surface area is 43.2 Å². The van der Waals surface area contributed by atoms with E-state index >= 15 is 0 Å². The molecule has 0 aliphatic carbocycles. The largest absolute Gasteiger partial charge is 0.490 e. The molecular formula is C3H2F3O2. The van der Waals surface area contributed by atoms with Crippen LogP contribution >= 0.6 is 0 Å². The number of rotatable bonds is 0. The summed E-state index contributed by atoms with van der Waals surface area (Å²) in [7, 11) is 2.28. The normalized spacial score (nSPS) is 11.0. The van der Waals surface area contributed by atoms with Crippen molar-refractivity contribution in [1.29, 1.82) is 0 Å². The highest BCUT2D eigenvalue weighted by molar-refractivity contribution is 5.75. The Morgan fingerprint density at radius 1 is 1.50 bits per heavy atom. The summed E-state index contributed by atoms with van der Waals surface area (Å²) in [6, 6.07) is 0. The van der Waals surface area contributed by atoms with Gasteiger partial charge < -0.3 is 4.74 Å². The van der Waals surface area contributed by atoms with Crippen molar-refractivity contribution in [1.82, 2.24) is 0 Å². The molecule has 2 nitrogen and oxygen atoms in total. The first kappa shape index (κ1) is 7.26. The number of carbonyl (C=O) groups excluding carboxylic acids is 1. The van der Waals surface area contributed by atoms with E-state index in [4.69, 9.17) is 0 Å². The zero-order valence-corrected chi connectivity index (χ0v) is 3.66. The van der Waals surface area contributed by atoms with E-state index in [1.807, 2.05) is 0 Å². The second kappa shape index (κ2) is 2.02. The fourth-order valence-electron chi connectivity index (χ4n) is 0.0818. The van der Waals surface area contributed by atoms with Crippen LogP contribution in [0.5, 0.6) is 0 Å². The van der Waals surface area contributed by atoms with Gasteiger partial charge in [-0.2, -0.15) is 13.2 Å². The molecule has 0 N–H and O–H groups in total. The van der Waals surface area contributed by atoms with Crippen LogP contribution in [0.25, 0.3) is 0 Å². The van der Waals surface area contributed by atoms with Gasteiger partial charge in [0.1, 0.15) is 7.11 Å². The van der Waals surface area contributed by atoms with E-state index in [2.05, 4.69) is 11.8 Å². The van der Waals surface area contributed by atoms with Crippen molar-refractivity contribution in [3.63, 3.8) is 0 Å². The third-order valence-corrected chi connectivity index (χ3v) is 0.363. The minimum atomic E-state index is -4.91. The van der Waals surface area contributed by atoms with Crippen LogP contribution in [0.3, 0.4) is 0 Å². The smallest absolute Gasteiger partial charge is 0.455 e. The SMILES string of the molecule is [CH2]OC(=O)C(F)(F)F.